The van der Waals surface area contributed by atoms with Gasteiger partial charge >= 0.3 is 0 Å². The molecular weight excluding hydrogens is 733 g/mol. The van der Waals surface area contributed by atoms with Gasteiger partial charge in [0.2, 0.25) is 0 Å². The van der Waals surface area contributed by atoms with Gasteiger partial charge in [0.15, 0.2) is 0 Å². The Balaban J connectivity index is 1.01. The standard InChI is InChI=1S/C45H32S6/c1-7-15-33-25(9-1)21-39(46-33)35-17-19-37(48-35)41-23-31-43(50-41)44-32(45(31)29-13-5-3-11-27(29)28-12-4-6-14-30(28)45)24-42(51-44)38-20-18-36(49-38)40-22-26-10-2-8-16-34(26)47-40/h3-6,11-14,17-24H,1-2,7-10,15-16H2. The van der Waals surface area contributed by atoms with Crippen LogP contribution in [0.25, 0.3) is 59.9 Å². The van der Waals surface area contributed by atoms with Crippen LogP contribution in [-0.4, -0.2) is 0 Å². The van der Waals surface area contributed by atoms with E-state index in [0.717, 1.165) is 0 Å². The molecule has 0 amide bonds. The number of fused-ring (bicyclic) bond motifs is 12. The normalized spacial score (nSPS) is 16.2. The van der Waals surface area contributed by atoms with Gasteiger partial charge < -0.3 is 0 Å². The average molecular weight is 765 g/mol. The SMILES string of the molecule is c1ccc2c(c1)-c1ccccc1C21c2cc(-c3ccc(-c4cc5c(s4)CCCC5)s3)sc2-c2sc(-c3ccc(-c4cc5c(s4)CCCC5)s3)cc21. The Morgan fingerprint density at radius 3 is 1.22 bits per heavy atom. The smallest absolute Gasteiger partial charge is 0.0742 e. The molecular formula is C45H32S6. The first kappa shape index (κ1) is 30.1. The molecule has 0 bridgehead atoms. The molecule has 12 rings (SSSR count). The molecule has 0 radical (unpaired) electrons. The van der Waals surface area contributed by atoms with Gasteiger partial charge in [0.25, 0.3) is 0 Å². The fraction of sp³-hybridized carbons (Fsp3) is 0.200. The van der Waals surface area contributed by atoms with Gasteiger partial charge in [0.05, 0.1) is 15.2 Å². The van der Waals surface area contributed by atoms with Crippen molar-refractivity contribution in [1.29, 1.82) is 0 Å². The second-order valence-corrected chi connectivity index (χ2v) is 21.0. The van der Waals surface area contributed by atoms with Crippen molar-refractivity contribution in [3.8, 4) is 59.9 Å². The van der Waals surface area contributed by atoms with E-state index >= 15 is 0 Å². The zero-order valence-electron chi connectivity index (χ0n) is 27.8. The van der Waals surface area contributed by atoms with Crippen molar-refractivity contribution in [2.45, 2.75) is 56.8 Å². The van der Waals surface area contributed by atoms with Crippen LogP contribution in [0.4, 0.5) is 0 Å². The zero-order chi connectivity index (χ0) is 33.3. The minimum atomic E-state index is -0.291. The molecule has 6 heterocycles. The number of benzene rings is 2. The first-order chi connectivity index (χ1) is 25.2. The predicted molar refractivity (Wildman–Crippen MR) is 225 cm³/mol. The Kier molecular flexibility index (Phi) is 6.69. The number of thiophene rings is 6. The lowest BCUT2D eigenvalue weighted by Gasteiger charge is -2.29. The summed E-state index contributed by atoms with van der Waals surface area (Å²) in [5.41, 5.74) is 11.5. The Labute approximate surface area is 322 Å². The molecule has 6 heteroatoms. The Hall–Kier alpha value is -3.36. The van der Waals surface area contributed by atoms with Crippen LogP contribution in [0.2, 0.25) is 0 Å². The van der Waals surface area contributed by atoms with Crippen LogP contribution in [0.1, 0.15) is 68.8 Å². The summed E-state index contributed by atoms with van der Waals surface area (Å²) in [6, 6.07) is 38.1. The maximum absolute atomic E-state index is 2.57. The summed E-state index contributed by atoms with van der Waals surface area (Å²) < 4.78 is 0. The lowest BCUT2D eigenvalue weighted by molar-refractivity contribution is 0.697. The number of aryl methyl sites for hydroxylation is 4. The second kappa shape index (κ2) is 11.3. The summed E-state index contributed by atoms with van der Waals surface area (Å²) in [7, 11) is 0. The quantitative estimate of drug-likeness (QED) is 0.167. The highest BCUT2D eigenvalue weighted by atomic mass is 32.1. The summed E-state index contributed by atoms with van der Waals surface area (Å²) in [5.74, 6) is 0. The van der Waals surface area contributed by atoms with Crippen molar-refractivity contribution in [1.82, 2.24) is 0 Å². The van der Waals surface area contributed by atoms with Crippen LogP contribution < -0.4 is 0 Å². The molecule has 51 heavy (non-hydrogen) atoms. The average Bonchev–Trinajstić information content (AvgIpc) is 4.02. The molecule has 0 saturated heterocycles. The molecule has 0 aliphatic heterocycles. The third kappa shape index (κ3) is 4.32. The topological polar surface area (TPSA) is 0 Å². The largest absolute Gasteiger partial charge is 0.139 e. The third-order valence-corrected chi connectivity index (χ3v) is 19.5. The summed E-state index contributed by atoms with van der Waals surface area (Å²) in [6.45, 7) is 0. The molecule has 0 N–H and O–H groups in total. The van der Waals surface area contributed by atoms with Crippen molar-refractivity contribution in [2.75, 3.05) is 0 Å². The molecule has 0 atom stereocenters. The lowest BCUT2D eigenvalue weighted by atomic mass is 9.71. The fourth-order valence-corrected chi connectivity index (χ4v) is 16.7. The van der Waals surface area contributed by atoms with Crippen molar-refractivity contribution in [2.24, 2.45) is 0 Å². The van der Waals surface area contributed by atoms with Crippen LogP contribution in [0, 0.1) is 0 Å². The molecule has 4 aliphatic carbocycles. The maximum atomic E-state index is 2.57. The first-order valence-corrected chi connectivity index (χ1v) is 23.0. The van der Waals surface area contributed by atoms with Gasteiger partial charge in [-0.15, -0.1) is 68.0 Å². The molecule has 2 aromatic carbocycles. The van der Waals surface area contributed by atoms with Crippen LogP contribution in [0.15, 0.2) is 97.1 Å². The van der Waals surface area contributed by atoms with Gasteiger partial charge in [-0.1, -0.05) is 48.5 Å². The first-order valence-electron chi connectivity index (χ1n) is 18.1. The third-order valence-electron chi connectivity index (χ3n) is 11.6. The number of hydrogen-bond acceptors (Lipinski definition) is 6. The summed E-state index contributed by atoms with van der Waals surface area (Å²) >= 11 is 12.1. The fourth-order valence-electron chi connectivity index (χ4n) is 9.31. The van der Waals surface area contributed by atoms with E-state index in [9.17, 15) is 0 Å². The van der Waals surface area contributed by atoms with Crippen molar-refractivity contribution in [3.63, 3.8) is 0 Å². The van der Waals surface area contributed by atoms with E-state index in [2.05, 4.69) is 97.1 Å². The zero-order valence-corrected chi connectivity index (χ0v) is 32.7. The second-order valence-electron chi connectivity index (χ2n) is 14.4. The number of rotatable bonds is 4. The highest BCUT2D eigenvalue weighted by molar-refractivity contribution is 7.30. The van der Waals surface area contributed by atoms with Crippen LogP contribution >= 0.6 is 68.0 Å². The van der Waals surface area contributed by atoms with Crippen molar-refractivity contribution in [3.05, 3.63) is 140 Å². The van der Waals surface area contributed by atoms with Gasteiger partial charge in [0.1, 0.15) is 0 Å². The molecule has 0 nitrogen and oxygen atoms in total. The Morgan fingerprint density at radius 1 is 0.353 bits per heavy atom. The molecule has 6 aromatic heterocycles. The molecule has 248 valence electrons. The summed E-state index contributed by atoms with van der Waals surface area (Å²) in [5, 5.41) is 0. The van der Waals surface area contributed by atoms with Gasteiger partial charge in [0, 0.05) is 48.8 Å². The summed E-state index contributed by atoms with van der Waals surface area (Å²) in [6.07, 6.45) is 10.4. The molecule has 8 aromatic rings. The van der Waals surface area contributed by atoms with E-state index in [1.54, 1.807) is 20.9 Å². The highest BCUT2D eigenvalue weighted by Crippen LogP contribution is 2.67. The van der Waals surface area contributed by atoms with E-state index < -0.39 is 0 Å². The highest BCUT2D eigenvalue weighted by Gasteiger charge is 2.53. The van der Waals surface area contributed by atoms with E-state index in [0.29, 0.717) is 0 Å². The van der Waals surface area contributed by atoms with Gasteiger partial charge in [-0.3, -0.25) is 0 Å². The van der Waals surface area contributed by atoms with Crippen molar-refractivity contribution >= 4 is 68.0 Å². The van der Waals surface area contributed by atoms with E-state index in [1.807, 2.05) is 68.0 Å². The van der Waals surface area contributed by atoms with Gasteiger partial charge in [-0.2, -0.15) is 0 Å². The minimum absolute atomic E-state index is 0.291. The molecule has 0 unspecified atom stereocenters. The predicted octanol–water partition coefficient (Wildman–Crippen LogP) is 14.8. The monoisotopic (exact) mass is 764 g/mol. The van der Waals surface area contributed by atoms with Crippen LogP contribution in [0.5, 0.6) is 0 Å². The number of hydrogen-bond donors (Lipinski definition) is 0. The van der Waals surface area contributed by atoms with Gasteiger partial charge in [-0.25, -0.2) is 0 Å². The van der Waals surface area contributed by atoms with Crippen LogP contribution in [-0.2, 0) is 31.1 Å². The minimum Gasteiger partial charge on any atom is -0.139 e. The summed E-state index contributed by atoms with van der Waals surface area (Å²) in [4.78, 5) is 17.5. The Bertz CT molecular complexity index is 2440. The van der Waals surface area contributed by atoms with Crippen molar-refractivity contribution < 1.29 is 0 Å². The van der Waals surface area contributed by atoms with Crippen LogP contribution in [0.3, 0.4) is 0 Å². The lowest BCUT2D eigenvalue weighted by Crippen LogP contribution is -2.25. The maximum Gasteiger partial charge on any atom is 0.0742 e. The molecule has 1 spiro atoms. The molecule has 4 aliphatic rings. The van der Waals surface area contributed by atoms with E-state index in [-0.39, 0.29) is 5.41 Å². The molecule has 0 saturated carbocycles. The van der Waals surface area contributed by atoms with E-state index in [4.69, 9.17) is 0 Å². The van der Waals surface area contributed by atoms with E-state index in [1.165, 1.54) is 134 Å². The Morgan fingerprint density at radius 2 is 0.765 bits per heavy atom. The molecule has 0 fully saturated rings. The van der Waals surface area contributed by atoms with Gasteiger partial charge in [-0.05, 0) is 144 Å².